The summed E-state index contributed by atoms with van der Waals surface area (Å²) in [5.41, 5.74) is 3.27. The molecule has 4 rings (SSSR count). The van der Waals surface area contributed by atoms with Crippen LogP contribution < -0.4 is 19.7 Å². The fourth-order valence-electron chi connectivity index (χ4n) is 3.70. The lowest BCUT2D eigenvalue weighted by molar-refractivity contribution is -0.120. The maximum Gasteiger partial charge on any atom is 0.282 e. The highest BCUT2D eigenvalue weighted by Gasteiger charge is 2.40. The fraction of sp³-hybridized carbons (Fsp3) is 0.185. The predicted octanol–water partition coefficient (Wildman–Crippen LogP) is 5.19. The minimum atomic E-state index is -0.424. The summed E-state index contributed by atoms with van der Waals surface area (Å²) in [6.45, 7) is 5.85. The third kappa shape index (κ3) is 4.46. The Balaban J connectivity index is 1.79. The molecule has 0 spiro atoms. The first-order valence-electron chi connectivity index (χ1n) is 10.8. The number of ether oxygens (including phenoxy) is 2. The number of carbonyl (C=O) groups excluding carboxylic acids is 2. The van der Waals surface area contributed by atoms with E-state index in [0.29, 0.717) is 34.0 Å². The number of anilines is 2. The molecule has 6 heteroatoms. The van der Waals surface area contributed by atoms with Gasteiger partial charge in [0.05, 0.1) is 30.2 Å². The Morgan fingerprint density at radius 1 is 0.848 bits per heavy atom. The van der Waals surface area contributed by atoms with Gasteiger partial charge in [-0.15, -0.1) is 0 Å². The minimum Gasteiger partial charge on any atom is -0.495 e. The van der Waals surface area contributed by atoms with Crippen molar-refractivity contribution in [3.8, 4) is 11.5 Å². The molecule has 0 saturated heterocycles. The Labute approximate surface area is 193 Å². The maximum atomic E-state index is 13.6. The number of methoxy groups -OCH3 is 1. The summed E-state index contributed by atoms with van der Waals surface area (Å²) >= 11 is 0. The minimum absolute atomic E-state index is 0.0320. The molecule has 2 amide bonds. The van der Waals surface area contributed by atoms with Crippen molar-refractivity contribution in [1.29, 1.82) is 0 Å². The second kappa shape index (κ2) is 9.20. The van der Waals surface area contributed by atoms with Crippen molar-refractivity contribution in [1.82, 2.24) is 0 Å². The van der Waals surface area contributed by atoms with E-state index in [9.17, 15) is 9.59 Å². The molecule has 0 fully saturated rings. The second-order valence-electron chi connectivity index (χ2n) is 8.05. The zero-order valence-electron chi connectivity index (χ0n) is 19.1. The van der Waals surface area contributed by atoms with Crippen molar-refractivity contribution < 1.29 is 19.1 Å². The van der Waals surface area contributed by atoms with Crippen LogP contribution in [0.4, 0.5) is 11.4 Å². The molecule has 0 bridgehead atoms. The first-order chi connectivity index (χ1) is 15.9. The Morgan fingerprint density at radius 3 is 2.15 bits per heavy atom. The summed E-state index contributed by atoms with van der Waals surface area (Å²) in [6.07, 6.45) is 0.0320. The zero-order valence-corrected chi connectivity index (χ0v) is 19.1. The number of rotatable bonds is 7. The van der Waals surface area contributed by atoms with Crippen LogP contribution >= 0.6 is 0 Å². The molecule has 0 aliphatic carbocycles. The van der Waals surface area contributed by atoms with E-state index in [-0.39, 0.29) is 11.8 Å². The molecule has 0 aromatic heterocycles. The topological polar surface area (TPSA) is 67.9 Å². The standard InChI is InChI=1S/C27H26N2O4/c1-17(2)33-21-15-11-19(12-16-21)24-25(28-22-7-5-6-8-23(22)32-4)27(31)29(26(24)30)20-13-9-18(3)10-14-20/h5-17,28H,1-4H3. The van der Waals surface area contributed by atoms with Crippen LogP contribution in [-0.4, -0.2) is 25.0 Å². The van der Waals surface area contributed by atoms with Gasteiger partial charge in [-0.05, 0) is 62.7 Å². The number of aryl methyl sites for hydroxylation is 1. The van der Waals surface area contributed by atoms with Crippen LogP contribution in [0.15, 0.2) is 78.5 Å². The van der Waals surface area contributed by atoms with E-state index in [1.165, 1.54) is 4.90 Å². The van der Waals surface area contributed by atoms with Crippen LogP contribution in [-0.2, 0) is 9.59 Å². The lowest BCUT2D eigenvalue weighted by Crippen LogP contribution is -2.32. The average Bonchev–Trinajstić information content (AvgIpc) is 3.04. The van der Waals surface area contributed by atoms with E-state index < -0.39 is 11.8 Å². The molecule has 168 valence electrons. The number of para-hydroxylation sites is 2. The van der Waals surface area contributed by atoms with Crippen LogP contribution in [0.1, 0.15) is 25.0 Å². The number of nitrogens with zero attached hydrogens (tertiary/aromatic N) is 1. The fourth-order valence-corrected chi connectivity index (χ4v) is 3.70. The van der Waals surface area contributed by atoms with Gasteiger partial charge in [-0.2, -0.15) is 0 Å². The number of hydrogen-bond acceptors (Lipinski definition) is 5. The Hall–Kier alpha value is -4.06. The molecule has 33 heavy (non-hydrogen) atoms. The molecule has 3 aromatic carbocycles. The Bertz CT molecular complexity index is 1210. The van der Waals surface area contributed by atoms with Gasteiger partial charge in [0.25, 0.3) is 11.8 Å². The van der Waals surface area contributed by atoms with Gasteiger partial charge in [0.2, 0.25) is 0 Å². The monoisotopic (exact) mass is 442 g/mol. The first kappa shape index (κ1) is 22.1. The van der Waals surface area contributed by atoms with Gasteiger partial charge >= 0.3 is 0 Å². The van der Waals surface area contributed by atoms with Crippen molar-refractivity contribution in [2.75, 3.05) is 17.3 Å². The number of benzene rings is 3. The van der Waals surface area contributed by atoms with Gasteiger partial charge in [-0.25, -0.2) is 4.90 Å². The van der Waals surface area contributed by atoms with Gasteiger partial charge in [0.15, 0.2) is 0 Å². The van der Waals surface area contributed by atoms with Gasteiger partial charge in [-0.3, -0.25) is 9.59 Å². The van der Waals surface area contributed by atoms with Crippen LogP contribution in [0.2, 0.25) is 0 Å². The van der Waals surface area contributed by atoms with E-state index in [4.69, 9.17) is 9.47 Å². The van der Waals surface area contributed by atoms with E-state index in [2.05, 4.69) is 5.32 Å². The zero-order chi connectivity index (χ0) is 23.5. The van der Waals surface area contributed by atoms with E-state index in [1.54, 1.807) is 55.6 Å². The number of imide groups is 1. The highest BCUT2D eigenvalue weighted by atomic mass is 16.5. The SMILES string of the molecule is COc1ccccc1NC1=C(c2ccc(OC(C)C)cc2)C(=O)N(c2ccc(C)cc2)C1=O. The first-order valence-corrected chi connectivity index (χ1v) is 10.8. The second-order valence-corrected chi connectivity index (χ2v) is 8.05. The summed E-state index contributed by atoms with van der Waals surface area (Å²) in [7, 11) is 1.56. The van der Waals surface area contributed by atoms with Gasteiger partial charge in [0, 0.05) is 0 Å². The van der Waals surface area contributed by atoms with Gasteiger partial charge in [-0.1, -0.05) is 42.0 Å². The molecule has 1 heterocycles. The molecule has 1 aliphatic rings. The molecule has 3 aromatic rings. The van der Waals surface area contributed by atoms with Crippen molar-refractivity contribution in [2.45, 2.75) is 26.9 Å². The summed E-state index contributed by atoms with van der Waals surface area (Å²) < 4.78 is 11.1. The predicted molar refractivity (Wildman–Crippen MR) is 129 cm³/mol. The van der Waals surface area contributed by atoms with Crippen molar-refractivity contribution in [3.63, 3.8) is 0 Å². The Morgan fingerprint density at radius 2 is 1.52 bits per heavy atom. The third-order valence-corrected chi connectivity index (χ3v) is 5.26. The molecule has 1 N–H and O–H groups in total. The molecule has 0 atom stereocenters. The van der Waals surface area contributed by atoms with Crippen molar-refractivity contribution >= 4 is 28.8 Å². The van der Waals surface area contributed by atoms with E-state index in [0.717, 1.165) is 5.56 Å². The number of amides is 2. The van der Waals surface area contributed by atoms with Crippen LogP contribution in [0.5, 0.6) is 11.5 Å². The Kier molecular flexibility index (Phi) is 6.18. The van der Waals surface area contributed by atoms with E-state index >= 15 is 0 Å². The van der Waals surface area contributed by atoms with Crippen LogP contribution in [0, 0.1) is 6.92 Å². The number of carbonyl (C=O) groups is 2. The summed E-state index contributed by atoms with van der Waals surface area (Å²) in [6, 6.07) is 21.7. The third-order valence-electron chi connectivity index (χ3n) is 5.26. The maximum absolute atomic E-state index is 13.6. The smallest absolute Gasteiger partial charge is 0.282 e. The van der Waals surface area contributed by atoms with Crippen molar-refractivity contribution in [3.05, 3.63) is 89.6 Å². The normalized spacial score (nSPS) is 13.7. The summed E-state index contributed by atoms with van der Waals surface area (Å²) in [4.78, 5) is 28.3. The molecule has 0 saturated carbocycles. The van der Waals surface area contributed by atoms with Crippen LogP contribution in [0.3, 0.4) is 0 Å². The molecular formula is C27H26N2O4. The molecule has 0 unspecified atom stereocenters. The molecule has 0 radical (unpaired) electrons. The highest BCUT2D eigenvalue weighted by molar-refractivity contribution is 6.46. The molecule has 6 nitrogen and oxygen atoms in total. The quantitative estimate of drug-likeness (QED) is 0.510. The average molecular weight is 443 g/mol. The van der Waals surface area contributed by atoms with Gasteiger partial charge in [0.1, 0.15) is 17.2 Å². The summed E-state index contributed by atoms with van der Waals surface area (Å²) in [5, 5.41) is 3.16. The lowest BCUT2D eigenvalue weighted by Gasteiger charge is -2.16. The largest absolute Gasteiger partial charge is 0.495 e. The highest BCUT2D eigenvalue weighted by Crippen LogP contribution is 2.36. The number of nitrogens with one attached hydrogen (secondary N) is 1. The molecule has 1 aliphatic heterocycles. The lowest BCUT2D eigenvalue weighted by atomic mass is 10.0. The van der Waals surface area contributed by atoms with E-state index in [1.807, 2.05) is 45.0 Å². The van der Waals surface area contributed by atoms with Gasteiger partial charge < -0.3 is 14.8 Å². The van der Waals surface area contributed by atoms with Crippen LogP contribution in [0.25, 0.3) is 5.57 Å². The van der Waals surface area contributed by atoms with Crippen molar-refractivity contribution in [2.24, 2.45) is 0 Å². The molecular weight excluding hydrogens is 416 g/mol. The number of hydrogen-bond donors (Lipinski definition) is 1. The summed E-state index contributed by atoms with van der Waals surface area (Å²) in [5.74, 6) is 0.450.